The van der Waals surface area contributed by atoms with Gasteiger partial charge < -0.3 is 14.8 Å². The number of ether oxygens (including phenoxy) is 2. The van der Waals surface area contributed by atoms with Crippen molar-refractivity contribution in [3.05, 3.63) is 27.7 Å². The molecular formula is C16H20Cl2N2O5S. The molecule has 2 aliphatic rings. The van der Waals surface area contributed by atoms with Crippen LogP contribution in [0.15, 0.2) is 17.0 Å². The fourth-order valence-electron chi connectivity index (χ4n) is 2.90. The molecule has 0 spiro atoms. The zero-order valence-electron chi connectivity index (χ0n) is 14.0. The Morgan fingerprint density at radius 3 is 2.54 bits per heavy atom. The van der Waals surface area contributed by atoms with Crippen molar-refractivity contribution in [3.8, 4) is 0 Å². The molecule has 10 heteroatoms. The van der Waals surface area contributed by atoms with Crippen LogP contribution in [0, 0.1) is 5.92 Å². The molecule has 1 N–H and O–H groups in total. The highest BCUT2D eigenvalue weighted by Crippen LogP contribution is 2.31. The molecule has 0 aliphatic carbocycles. The largest absolute Gasteiger partial charge is 0.381 e. The van der Waals surface area contributed by atoms with Crippen molar-refractivity contribution in [2.75, 3.05) is 46.1 Å². The molecule has 1 amide bonds. The molecule has 2 heterocycles. The Kier molecular flexibility index (Phi) is 6.42. The Morgan fingerprint density at radius 1 is 1.15 bits per heavy atom. The van der Waals surface area contributed by atoms with Gasteiger partial charge in [-0.1, -0.05) is 23.2 Å². The molecule has 2 saturated heterocycles. The minimum absolute atomic E-state index is 0.0118. The standard InChI is InChI=1S/C16H20Cl2N2O5S/c17-13-8-14(18)15(26(22,23)20-2-5-24-6-3-20)7-12(13)16(21)19-9-11-1-4-25-10-11/h7-8,11H,1-6,9-10H2,(H,19,21). The Morgan fingerprint density at radius 2 is 1.88 bits per heavy atom. The summed E-state index contributed by atoms with van der Waals surface area (Å²) in [5, 5.41) is 2.88. The lowest BCUT2D eigenvalue weighted by molar-refractivity contribution is 0.0730. The number of hydrogen-bond donors (Lipinski definition) is 1. The molecule has 2 fully saturated rings. The summed E-state index contributed by atoms with van der Waals surface area (Å²) in [6.45, 7) is 2.86. The lowest BCUT2D eigenvalue weighted by Crippen LogP contribution is -2.40. The molecule has 1 atom stereocenters. The van der Waals surface area contributed by atoms with Crippen molar-refractivity contribution >= 4 is 39.1 Å². The molecule has 2 aliphatic heterocycles. The van der Waals surface area contributed by atoms with Crippen LogP contribution in [0.4, 0.5) is 0 Å². The Labute approximate surface area is 162 Å². The molecule has 7 nitrogen and oxygen atoms in total. The van der Waals surface area contributed by atoms with Crippen molar-refractivity contribution in [2.45, 2.75) is 11.3 Å². The van der Waals surface area contributed by atoms with Gasteiger partial charge in [-0.05, 0) is 18.6 Å². The third-order valence-electron chi connectivity index (χ3n) is 4.43. The third-order valence-corrected chi connectivity index (χ3v) is 7.11. The predicted octanol–water partition coefficient (Wildman–Crippen LogP) is 1.78. The highest BCUT2D eigenvalue weighted by atomic mass is 35.5. The summed E-state index contributed by atoms with van der Waals surface area (Å²) in [6.07, 6.45) is 0.880. The van der Waals surface area contributed by atoms with Crippen molar-refractivity contribution in [2.24, 2.45) is 5.92 Å². The SMILES string of the molecule is O=C(NCC1CCOC1)c1cc(S(=O)(=O)N2CCOCC2)c(Cl)cc1Cl. The molecule has 26 heavy (non-hydrogen) atoms. The van der Waals surface area contributed by atoms with Crippen molar-refractivity contribution in [1.82, 2.24) is 9.62 Å². The van der Waals surface area contributed by atoms with E-state index in [-0.39, 0.29) is 39.5 Å². The Hall–Kier alpha value is -0.900. The van der Waals surface area contributed by atoms with Crippen molar-refractivity contribution in [1.29, 1.82) is 0 Å². The molecule has 0 aromatic heterocycles. The van der Waals surface area contributed by atoms with Crippen LogP contribution in [-0.4, -0.2) is 64.7 Å². The lowest BCUT2D eigenvalue weighted by Gasteiger charge is -2.26. The van der Waals surface area contributed by atoms with Gasteiger partial charge in [0.1, 0.15) is 4.90 Å². The molecule has 0 saturated carbocycles. The van der Waals surface area contributed by atoms with E-state index in [0.29, 0.717) is 33.0 Å². The van der Waals surface area contributed by atoms with E-state index in [4.69, 9.17) is 32.7 Å². The van der Waals surface area contributed by atoms with Gasteiger partial charge >= 0.3 is 0 Å². The van der Waals surface area contributed by atoms with E-state index >= 15 is 0 Å². The molecular weight excluding hydrogens is 403 g/mol. The van der Waals surface area contributed by atoms with Crippen LogP contribution in [-0.2, 0) is 19.5 Å². The summed E-state index contributed by atoms with van der Waals surface area (Å²) in [6, 6.07) is 2.54. The minimum Gasteiger partial charge on any atom is -0.381 e. The fourth-order valence-corrected chi connectivity index (χ4v) is 5.15. The van der Waals surface area contributed by atoms with Gasteiger partial charge in [-0.15, -0.1) is 0 Å². The van der Waals surface area contributed by atoms with E-state index < -0.39 is 15.9 Å². The second kappa shape index (κ2) is 8.41. The minimum atomic E-state index is -3.83. The maximum atomic E-state index is 12.9. The van der Waals surface area contributed by atoms with E-state index in [1.165, 1.54) is 16.4 Å². The van der Waals surface area contributed by atoms with Crippen LogP contribution in [0.2, 0.25) is 10.0 Å². The normalized spacial score (nSPS) is 21.7. The average Bonchev–Trinajstić information content (AvgIpc) is 3.14. The highest BCUT2D eigenvalue weighted by Gasteiger charge is 2.30. The zero-order chi connectivity index (χ0) is 18.7. The zero-order valence-corrected chi connectivity index (χ0v) is 16.4. The van der Waals surface area contributed by atoms with E-state index in [1.807, 2.05) is 0 Å². The molecule has 1 unspecified atom stereocenters. The summed E-state index contributed by atoms with van der Waals surface area (Å²) in [5.74, 6) is -0.182. The first-order valence-corrected chi connectivity index (χ1v) is 10.5. The van der Waals surface area contributed by atoms with Crippen LogP contribution in [0.5, 0.6) is 0 Å². The molecule has 1 aromatic carbocycles. The number of nitrogens with one attached hydrogen (secondary N) is 1. The van der Waals surface area contributed by atoms with Gasteiger partial charge in [-0.3, -0.25) is 4.79 Å². The number of carbonyl (C=O) groups is 1. The Bertz CT molecular complexity index is 775. The number of halogens is 2. The number of benzene rings is 1. The van der Waals surface area contributed by atoms with Gasteiger partial charge in [0.25, 0.3) is 5.91 Å². The first-order chi connectivity index (χ1) is 12.4. The highest BCUT2D eigenvalue weighted by molar-refractivity contribution is 7.89. The fraction of sp³-hybridized carbons (Fsp3) is 0.562. The van der Waals surface area contributed by atoms with Gasteiger partial charge in [0.15, 0.2) is 0 Å². The topological polar surface area (TPSA) is 84.9 Å². The van der Waals surface area contributed by atoms with Gasteiger partial charge in [-0.25, -0.2) is 8.42 Å². The third kappa shape index (κ3) is 4.32. The maximum Gasteiger partial charge on any atom is 0.252 e. The summed E-state index contributed by atoms with van der Waals surface area (Å²) >= 11 is 12.3. The number of amides is 1. The number of nitrogens with zero attached hydrogens (tertiary/aromatic N) is 1. The Balaban J connectivity index is 1.82. The van der Waals surface area contributed by atoms with Crippen LogP contribution in [0.3, 0.4) is 0 Å². The van der Waals surface area contributed by atoms with E-state index in [1.54, 1.807) is 0 Å². The first-order valence-electron chi connectivity index (χ1n) is 8.32. The van der Waals surface area contributed by atoms with Gasteiger partial charge in [0.2, 0.25) is 10.0 Å². The second-order valence-corrected chi connectivity index (χ2v) is 8.94. The van der Waals surface area contributed by atoms with Crippen LogP contribution in [0.1, 0.15) is 16.8 Å². The maximum absolute atomic E-state index is 12.9. The lowest BCUT2D eigenvalue weighted by atomic mass is 10.1. The molecule has 3 rings (SSSR count). The molecule has 0 bridgehead atoms. The number of carbonyl (C=O) groups excluding carboxylic acids is 1. The van der Waals surface area contributed by atoms with Crippen molar-refractivity contribution < 1.29 is 22.7 Å². The quantitative estimate of drug-likeness (QED) is 0.781. The number of sulfonamides is 1. The summed E-state index contributed by atoms with van der Waals surface area (Å²) in [7, 11) is -3.83. The summed E-state index contributed by atoms with van der Waals surface area (Å²) in [4.78, 5) is 12.4. The second-order valence-electron chi connectivity index (χ2n) is 6.22. The van der Waals surface area contributed by atoms with Crippen LogP contribution in [0.25, 0.3) is 0 Å². The molecule has 144 valence electrons. The monoisotopic (exact) mass is 422 g/mol. The van der Waals surface area contributed by atoms with Gasteiger partial charge in [-0.2, -0.15) is 4.31 Å². The number of hydrogen-bond acceptors (Lipinski definition) is 5. The van der Waals surface area contributed by atoms with Crippen LogP contribution < -0.4 is 5.32 Å². The smallest absolute Gasteiger partial charge is 0.252 e. The van der Waals surface area contributed by atoms with E-state index in [2.05, 4.69) is 5.32 Å². The van der Waals surface area contributed by atoms with Crippen molar-refractivity contribution in [3.63, 3.8) is 0 Å². The summed E-state index contributed by atoms with van der Waals surface area (Å²) < 4.78 is 37.5. The molecule has 0 radical (unpaired) electrons. The van der Waals surface area contributed by atoms with Gasteiger partial charge in [0, 0.05) is 32.2 Å². The van der Waals surface area contributed by atoms with E-state index in [9.17, 15) is 13.2 Å². The van der Waals surface area contributed by atoms with Gasteiger partial charge in [0.05, 0.1) is 35.4 Å². The average molecular weight is 423 g/mol. The number of morpholine rings is 1. The van der Waals surface area contributed by atoms with E-state index in [0.717, 1.165) is 6.42 Å². The number of rotatable bonds is 5. The first kappa shape index (κ1) is 19.9. The molecule has 1 aromatic rings. The predicted molar refractivity (Wildman–Crippen MR) is 97.3 cm³/mol. The van der Waals surface area contributed by atoms with Crippen LogP contribution >= 0.6 is 23.2 Å². The summed E-state index contributed by atoms with van der Waals surface area (Å²) in [5.41, 5.74) is 0.0850.